The number of nitrogen functional groups attached to an aromatic ring is 1. The Morgan fingerprint density at radius 1 is 1.14 bits per heavy atom. The second kappa shape index (κ2) is 9.00. The minimum atomic E-state index is -3.46. The van der Waals surface area contributed by atoms with Crippen molar-refractivity contribution in [3.8, 4) is 16.9 Å². The lowest BCUT2D eigenvalue weighted by molar-refractivity contribution is -0.0198. The molecule has 0 spiro atoms. The monoisotopic (exact) mass is 512 g/mol. The summed E-state index contributed by atoms with van der Waals surface area (Å²) in [4.78, 5) is 8.83. The zero-order valence-corrected chi connectivity index (χ0v) is 21.2. The SMILES string of the molecule is CS(=O)(=O)O[C@H]1CC[C@H](n2cc(-c3cccc(OCC45CCC(CC4)O5)c3)c3c(N)ncnc32)CC1. The number of hydrogen-bond acceptors (Lipinski definition) is 8. The van der Waals surface area contributed by atoms with Crippen LogP contribution in [0.15, 0.2) is 36.8 Å². The Kier molecular flexibility index (Phi) is 5.93. The number of anilines is 1. The minimum absolute atomic E-state index is 0.130. The van der Waals surface area contributed by atoms with Crippen LogP contribution in [0, 0.1) is 0 Å². The summed E-state index contributed by atoms with van der Waals surface area (Å²) in [6.45, 7) is 0.568. The van der Waals surface area contributed by atoms with E-state index in [0.29, 0.717) is 31.4 Å². The molecule has 9 nitrogen and oxygen atoms in total. The lowest BCUT2D eigenvalue weighted by atomic mass is 9.89. The minimum Gasteiger partial charge on any atom is -0.491 e. The highest BCUT2D eigenvalue weighted by Gasteiger charge is 2.46. The van der Waals surface area contributed by atoms with Crippen molar-refractivity contribution in [2.75, 3.05) is 18.6 Å². The zero-order chi connectivity index (χ0) is 24.9. The fourth-order valence-corrected chi connectivity index (χ4v) is 6.81. The number of fused-ring (bicyclic) bond motifs is 3. The Morgan fingerprint density at radius 2 is 1.92 bits per heavy atom. The quantitative estimate of drug-likeness (QED) is 0.467. The van der Waals surface area contributed by atoms with Crippen LogP contribution in [0.25, 0.3) is 22.2 Å². The normalized spacial score (nSPS) is 28.1. The number of nitrogens with two attached hydrogens (primary N) is 1. The number of benzene rings is 1. The van der Waals surface area contributed by atoms with Crippen LogP contribution in [0.5, 0.6) is 5.75 Å². The summed E-state index contributed by atoms with van der Waals surface area (Å²) >= 11 is 0. The van der Waals surface area contributed by atoms with Crippen molar-refractivity contribution in [3.05, 3.63) is 36.8 Å². The maximum atomic E-state index is 11.5. The molecule has 2 bridgehead atoms. The van der Waals surface area contributed by atoms with Crippen molar-refractivity contribution in [2.24, 2.45) is 0 Å². The molecule has 36 heavy (non-hydrogen) atoms. The van der Waals surface area contributed by atoms with Crippen LogP contribution in [0.3, 0.4) is 0 Å². The molecule has 2 N–H and O–H groups in total. The topological polar surface area (TPSA) is 119 Å². The second-order valence-corrected chi connectivity index (χ2v) is 12.1. The van der Waals surface area contributed by atoms with Crippen LogP contribution >= 0.6 is 0 Å². The standard InChI is InChI=1S/C26H32N4O5S/c1-36(31,32)35-20-7-5-18(6-8-20)30-14-22(23-24(27)28-16-29-25(23)30)17-3-2-4-21(13-17)33-15-26-11-9-19(34-26)10-12-26/h2-4,13-14,16,18-20H,5-12,15H2,1H3,(H2,27,28,29)/t18-,19?,20-,26?. The predicted molar refractivity (Wildman–Crippen MR) is 136 cm³/mol. The Labute approximate surface area is 211 Å². The molecule has 0 atom stereocenters. The van der Waals surface area contributed by atoms with Crippen LogP contribution in [0.2, 0.25) is 0 Å². The van der Waals surface area contributed by atoms with E-state index in [-0.39, 0.29) is 17.7 Å². The van der Waals surface area contributed by atoms with Crippen LogP contribution in [0.4, 0.5) is 5.82 Å². The van der Waals surface area contributed by atoms with Gasteiger partial charge in [0.1, 0.15) is 35.7 Å². The molecule has 0 unspecified atom stereocenters. The van der Waals surface area contributed by atoms with Gasteiger partial charge >= 0.3 is 0 Å². The fraction of sp³-hybridized carbons (Fsp3) is 0.538. The number of ether oxygens (including phenoxy) is 2. The third kappa shape index (κ3) is 4.57. The third-order valence-electron chi connectivity index (χ3n) is 7.89. The lowest BCUT2D eigenvalue weighted by Crippen LogP contribution is -2.32. The van der Waals surface area contributed by atoms with Crippen LogP contribution in [-0.2, 0) is 19.0 Å². The largest absolute Gasteiger partial charge is 0.491 e. The van der Waals surface area contributed by atoms with Crippen molar-refractivity contribution in [3.63, 3.8) is 0 Å². The van der Waals surface area contributed by atoms with Crippen molar-refractivity contribution in [1.29, 1.82) is 0 Å². The van der Waals surface area contributed by atoms with Gasteiger partial charge in [0.05, 0.1) is 23.8 Å². The smallest absolute Gasteiger partial charge is 0.264 e. The van der Waals surface area contributed by atoms with E-state index in [9.17, 15) is 8.42 Å². The molecule has 1 aliphatic carbocycles. The highest BCUT2D eigenvalue weighted by molar-refractivity contribution is 7.86. The predicted octanol–water partition coefficient (Wildman–Crippen LogP) is 4.23. The molecule has 2 aliphatic heterocycles. The molecule has 3 fully saturated rings. The van der Waals surface area contributed by atoms with Crippen molar-refractivity contribution >= 4 is 27.0 Å². The first-order valence-corrected chi connectivity index (χ1v) is 14.5. The second-order valence-electron chi connectivity index (χ2n) is 10.5. The maximum Gasteiger partial charge on any atom is 0.264 e. The van der Waals surface area contributed by atoms with E-state index in [1.165, 1.54) is 6.33 Å². The fourth-order valence-electron chi connectivity index (χ4n) is 6.13. The van der Waals surface area contributed by atoms with Gasteiger partial charge in [-0.2, -0.15) is 8.42 Å². The molecule has 10 heteroatoms. The number of rotatable bonds is 7. The van der Waals surface area contributed by atoms with Gasteiger partial charge < -0.3 is 19.8 Å². The van der Waals surface area contributed by atoms with Gasteiger partial charge in [0.15, 0.2) is 0 Å². The molecule has 2 saturated heterocycles. The summed E-state index contributed by atoms with van der Waals surface area (Å²) in [6, 6.07) is 8.23. The third-order valence-corrected chi connectivity index (χ3v) is 8.52. The van der Waals surface area contributed by atoms with Gasteiger partial charge in [0.2, 0.25) is 0 Å². The summed E-state index contributed by atoms with van der Waals surface area (Å²) in [5, 5.41) is 0.820. The molecular weight excluding hydrogens is 480 g/mol. The highest BCUT2D eigenvalue weighted by Crippen LogP contribution is 2.44. The summed E-state index contributed by atoms with van der Waals surface area (Å²) < 4.78 is 42.9. The molecule has 0 radical (unpaired) electrons. The van der Waals surface area contributed by atoms with Crippen LogP contribution < -0.4 is 10.5 Å². The molecule has 1 aromatic carbocycles. The molecule has 192 valence electrons. The first kappa shape index (κ1) is 23.7. The first-order valence-electron chi connectivity index (χ1n) is 12.7. The lowest BCUT2D eigenvalue weighted by Gasteiger charge is -2.29. The number of aromatic nitrogens is 3. The summed E-state index contributed by atoms with van der Waals surface area (Å²) in [5.74, 6) is 1.24. The molecule has 0 amide bonds. The van der Waals surface area contributed by atoms with Gasteiger partial charge in [-0.1, -0.05) is 12.1 Å². The molecule has 2 aromatic heterocycles. The molecule has 1 saturated carbocycles. The van der Waals surface area contributed by atoms with E-state index in [2.05, 4.69) is 20.7 Å². The molecule has 3 aliphatic rings. The molecule has 3 aromatic rings. The van der Waals surface area contributed by atoms with E-state index in [1.54, 1.807) is 0 Å². The van der Waals surface area contributed by atoms with Gasteiger partial charge in [-0.15, -0.1) is 0 Å². The van der Waals surface area contributed by atoms with Gasteiger partial charge in [0, 0.05) is 17.8 Å². The van der Waals surface area contributed by atoms with Gasteiger partial charge in [0.25, 0.3) is 10.1 Å². The van der Waals surface area contributed by atoms with E-state index < -0.39 is 10.1 Å². The van der Waals surface area contributed by atoms with Gasteiger partial charge in [-0.3, -0.25) is 4.18 Å². The zero-order valence-electron chi connectivity index (χ0n) is 20.4. The number of hydrogen-bond donors (Lipinski definition) is 1. The first-order chi connectivity index (χ1) is 17.3. The average Bonchev–Trinajstić information content (AvgIpc) is 3.57. The van der Waals surface area contributed by atoms with Crippen LogP contribution in [-0.4, -0.2) is 53.6 Å². The Bertz CT molecular complexity index is 1370. The Morgan fingerprint density at radius 3 is 2.61 bits per heavy atom. The van der Waals surface area contributed by atoms with Crippen LogP contribution in [0.1, 0.15) is 57.4 Å². The summed E-state index contributed by atoms with van der Waals surface area (Å²) in [5.41, 5.74) is 8.95. The van der Waals surface area contributed by atoms with Gasteiger partial charge in [-0.05, 0) is 69.1 Å². The summed E-state index contributed by atoms with van der Waals surface area (Å²) in [7, 11) is -3.46. The Balaban J connectivity index is 1.26. The molecule has 4 heterocycles. The van der Waals surface area contributed by atoms with E-state index >= 15 is 0 Å². The summed E-state index contributed by atoms with van der Waals surface area (Å²) in [6.07, 6.45) is 12.1. The molecule has 6 rings (SSSR count). The maximum absolute atomic E-state index is 11.5. The van der Waals surface area contributed by atoms with Crippen molar-refractivity contribution in [1.82, 2.24) is 14.5 Å². The van der Waals surface area contributed by atoms with Crippen molar-refractivity contribution in [2.45, 2.75) is 75.2 Å². The molecular formula is C26H32N4O5S. The van der Waals surface area contributed by atoms with E-state index in [4.69, 9.17) is 19.4 Å². The van der Waals surface area contributed by atoms with E-state index in [0.717, 1.165) is 72.7 Å². The van der Waals surface area contributed by atoms with Crippen molar-refractivity contribution < 1.29 is 22.1 Å². The average molecular weight is 513 g/mol. The highest BCUT2D eigenvalue weighted by atomic mass is 32.2. The van der Waals surface area contributed by atoms with Gasteiger partial charge in [-0.25, -0.2) is 9.97 Å². The van der Waals surface area contributed by atoms with E-state index in [1.807, 2.05) is 24.3 Å². The number of nitrogens with zero attached hydrogens (tertiary/aromatic N) is 3. The Hall–Kier alpha value is -2.69.